The van der Waals surface area contributed by atoms with E-state index in [2.05, 4.69) is 10.0 Å². The second-order valence-electron chi connectivity index (χ2n) is 7.15. The highest BCUT2D eigenvalue weighted by Gasteiger charge is 2.22. The second-order valence-corrected chi connectivity index (χ2v) is 11.5. The number of rotatable bonds is 8. The number of hydrogen-bond donors (Lipinski definition) is 2. The molecule has 0 aliphatic carbocycles. The number of nitrogens with one attached hydrogen (secondary N) is 2. The van der Waals surface area contributed by atoms with E-state index in [1.807, 2.05) is 0 Å². The largest absolute Gasteiger partial charge is 0.325 e. The van der Waals surface area contributed by atoms with Crippen LogP contribution in [-0.2, 0) is 24.8 Å². The van der Waals surface area contributed by atoms with Crippen molar-refractivity contribution in [3.05, 3.63) is 82.3 Å². The molecule has 3 aromatic rings. The van der Waals surface area contributed by atoms with Gasteiger partial charge in [0.25, 0.3) is 10.0 Å². The lowest BCUT2D eigenvalue weighted by Gasteiger charge is -2.22. The first-order valence-corrected chi connectivity index (χ1v) is 13.7. The Kier molecular flexibility index (Phi) is 7.90. The van der Waals surface area contributed by atoms with Crippen molar-refractivity contribution < 1.29 is 30.4 Å². The van der Waals surface area contributed by atoms with Gasteiger partial charge in [-0.15, -0.1) is 0 Å². The molecule has 0 bridgehead atoms. The summed E-state index contributed by atoms with van der Waals surface area (Å²) in [6.45, 7) is -0.737. The maximum atomic E-state index is 13.6. The first kappa shape index (κ1) is 26.7. The van der Waals surface area contributed by atoms with Crippen LogP contribution < -0.4 is 14.3 Å². The highest BCUT2D eigenvalue weighted by Crippen LogP contribution is 2.31. The maximum Gasteiger partial charge on any atom is 0.261 e. The molecule has 0 fully saturated rings. The zero-order valence-electron chi connectivity index (χ0n) is 17.8. The van der Waals surface area contributed by atoms with Crippen LogP contribution in [-0.4, -0.2) is 35.5 Å². The minimum absolute atomic E-state index is 0.0260. The molecule has 0 aromatic heterocycles. The lowest BCUT2D eigenvalue weighted by molar-refractivity contribution is -0.114. The van der Waals surface area contributed by atoms with Crippen LogP contribution in [0, 0.1) is 11.6 Å². The molecule has 0 saturated heterocycles. The third kappa shape index (κ3) is 6.60. The molecule has 0 heterocycles. The molecule has 0 atom stereocenters. The predicted molar refractivity (Wildman–Crippen MR) is 131 cm³/mol. The van der Waals surface area contributed by atoms with Gasteiger partial charge in [-0.2, -0.15) is 0 Å². The van der Waals surface area contributed by atoms with E-state index in [-0.39, 0.29) is 32.0 Å². The normalized spacial score (nSPS) is 11.7. The highest BCUT2D eigenvalue weighted by atomic mass is 35.5. The van der Waals surface area contributed by atoms with E-state index in [4.69, 9.17) is 23.2 Å². The van der Waals surface area contributed by atoms with E-state index >= 15 is 0 Å². The number of carbonyl (C=O) groups excluding carboxylic acids is 1. The molecule has 35 heavy (non-hydrogen) atoms. The Labute approximate surface area is 210 Å². The van der Waals surface area contributed by atoms with Crippen molar-refractivity contribution in [2.75, 3.05) is 27.1 Å². The van der Waals surface area contributed by atoms with Crippen LogP contribution in [0.5, 0.6) is 0 Å². The molecule has 1 amide bonds. The quantitative estimate of drug-likeness (QED) is 0.419. The smallest absolute Gasteiger partial charge is 0.261 e. The summed E-state index contributed by atoms with van der Waals surface area (Å²) < 4.78 is 79.1. The number of sulfonamides is 2. The van der Waals surface area contributed by atoms with E-state index in [1.54, 1.807) is 0 Å². The van der Waals surface area contributed by atoms with Gasteiger partial charge in [-0.1, -0.05) is 29.3 Å². The average molecular weight is 564 g/mol. The van der Waals surface area contributed by atoms with Crippen LogP contribution >= 0.6 is 23.2 Å². The molecule has 3 aromatic carbocycles. The summed E-state index contributed by atoms with van der Waals surface area (Å²) in [6.07, 6.45) is 0.806. The molecule has 186 valence electrons. The van der Waals surface area contributed by atoms with E-state index in [1.165, 1.54) is 42.5 Å². The van der Waals surface area contributed by atoms with Crippen LogP contribution in [0.4, 0.5) is 25.8 Å². The molecule has 0 radical (unpaired) electrons. The van der Waals surface area contributed by atoms with Crippen molar-refractivity contribution >= 4 is 66.2 Å². The fraction of sp³-hybridized carbons (Fsp3) is 0.0952. The van der Waals surface area contributed by atoms with Crippen LogP contribution in [0.15, 0.2) is 65.6 Å². The number of anilines is 3. The number of halogens is 4. The van der Waals surface area contributed by atoms with Crippen molar-refractivity contribution in [1.29, 1.82) is 0 Å². The van der Waals surface area contributed by atoms with Crippen molar-refractivity contribution in [2.45, 2.75) is 4.90 Å². The third-order valence-corrected chi connectivity index (χ3v) is 7.86. The molecule has 2 N–H and O–H groups in total. The average Bonchev–Trinajstić information content (AvgIpc) is 2.77. The highest BCUT2D eigenvalue weighted by molar-refractivity contribution is 7.92. The summed E-state index contributed by atoms with van der Waals surface area (Å²) in [4.78, 5) is 12.3. The van der Waals surface area contributed by atoms with Gasteiger partial charge in [0.1, 0.15) is 6.54 Å². The first-order chi connectivity index (χ1) is 16.3. The van der Waals surface area contributed by atoms with Gasteiger partial charge < -0.3 is 5.32 Å². The van der Waals surface area contributed by atoms with Crippen LogP contribution in [0.25, 0.3) is 0 Å². The summed E-state index contributed by atoms with van der Waals surface area (Å²) in [5, 5.41) is 2.61. The molecule has 8 nitrogen and oxygen atoms in total. The van der Waals surface area contributed by atoms with Crippen molar-refractivity contribution in [1.82, 2.24) is 0 Å². The maximum absolute atomic E-state index is 13.6. The van der Waals surface area contributed by atoms with Crippen LogP contribution in [0.3, 0.4) is 0 Å². The van der Waals surface area contributed by atoms with Gasteiger partial charge in [0.15, 0.2) is 11.6 Å². The molecule has 0 aliphatic rings. The number of nitrogens with zero attached hydrogens (tertiary/aromatic N) is 1. The Bertz CT molecular complexity index is 1490. The minimum atomic E-state index is -4.04. The van der Waals surface area contributed by atoms with E-state index in [0.29, 0.717) is 10.4 Å². The molecule has 0 spiro atoms. The second kappa shape index (κ2) is 10.4. The lowest BCUT2D eigenvalue weighted by atomic mass is 10.3. The van der Waals surface area contributed by atoms with Gasteiger partial charge in [-0.25, -0.2) is 25.6 Å². The fourth-order valence-electron chi connectivity index (χ4n) is 2.87. The number of carbonyl (C=O) groups is 1. The van der Waals surface area contributed by atoms with Crippen LogP contribution in [0.2, 0.25) is 10.0 Å². The van der Waals surface area contributed by atoms with Gasteiger partial charge >= 0.3 is 0 Å². The standard InChI is InChI=1S/C21H17Cl2F2N3O5S2/c1-34(30,31)28(14-7-10-17(24)18(25)11-14)12-20(29)26-13-5-8-15(9-6-13)35(32,33)27-19-4-2-3-16(22)21(19)23/h2-11,27H,12H2,1H3,(H,26,29). The Morgan fingerprint density at radius 1 is 0.943 bits per heavy atom. The SMILES string of the molecule is CS(=O)(=O)N(CC(=O)Nc1ccc(S(=O)(=O)Nc2cccc(Cl)c2Cl)cc1)c1ccc(F)c(F)c1. The van der Waals surface area contributed by atoms with Gasteiger partial charge in [-0.05, 0) is 48.5 Å². The number of benzene rings is 3. The molecule has 0 aliphatic heterocycles. The van der Waals surface area contributed by atoms with E-state index in [9.17, 15) is 30.4 Å². The van der Waals surface area contributed by atoms with Crippen molar-refractivity contribution in [2.24, 2.45) is 0 Å². The first-order valence-electron chi connectivity index (χ1n) is 9.57. The molecule has 0 saturated carbocycles. The molecule has 14 heteroatoms. The van der Waals surface area contributed by atoms with Gasteiger partial charge in [0.05, 0.1) is 32.6 Å². The number of hydrogen-bond acceptors (Lipinski definition) is 5. The summed E-state index contributed by atoms with van der Waals surface area (Å²) in [5.74, 6) is -3.26. The van der Waals surface area contributed by atoms with E-state index < -0.39 is 44.1 Å². The lowest BCUT2D eigenvalue weighted by Crippen LogP contribution is -2.37. The molecule has 0 unspecified atom stereocenters. The zero-order chi connectivity index (χ0) is 26.0. The van der Waals surface area contributed by atoms with Gasteiger partial charge in [-0.3, -0.25) is 13.8 Å². The summed E-state index contributed by atoms with van der Waals surface area (Å²) in [7, 11) is -8.06. The predicted octanol–water partition coefficient (Wildman–Crippen LogP) is 4.48. The van der Waals surface area contributed by atoms with Crippen molar-refractivity contribution in [3.63, 3.8) is 0 Å². The fourth-order valence-corrected chi connectivity index (χ4v) is 5.20. The monoisotopic (exact) mass is 563 g/mol. The summed E-state index contributed by atoms with van der Waals surface area (Å²) >= 11 is 11.9. The Hall–Kier alpha value is -2.93. The Morgan fingerprint density at radius 3 is 2.20 bits per heavy atom. The summed E-state index contributed by atoms with van der Waals surface area (Å²) in [6, 6.07) is 11.9. The molecule has 3 rings (SSSR count). The summed E-state index contributed by atoms with van der Waals surface area (Å²) in [5.41, 5.74) is -0.00291. The van der Waals surface area contributed by atoms with Gasteiger partial charge in [0, 0.05) is 11.8 Å². The Balaban J connectivity index is 1.74. The topological polar surface area (TPSA) is 113 Å². The molecular formula is C21H17Cl2F2N3O5S2. The van der Waals surface area contributed by atoms with Gasteiger partial charge in [0.2, 0.25) is 15.9 Å². The van der Waals surface area contributed by atoms with Crippen molar-refractivity contribution in [3.8, 4) is 0 Å². The minimum Gasteiger partial charge on any atom is -0.325 e. The zero-order valence-corrected chi connectivity index (χ0v) is 20.9. The van der Waals surface area contributed by atoms with Crippen LogP contribution in [0.1, 0.15) is 0 Å². The van der Waals surface area contributed by atoms with E-state index in [0.717, 1.165) is 18.4 Å². The third-order valence-electron chi connectivity index (χ3n) is 4.52. The molecular weight excluding hydrogens is 547 g/mol. The Morgan fingerprint density at radius 2 is 1.60 bits per heavy atom. The number of amides is 1.